The topological polar surface area (TPSA) is 72.9 Å². The summed E-state index contributed by atoms with van der Waals surface area (Å²) in [5, 5.41) is 5.24. The summed E-state index contributed by atoms with van der Waals surface area (Å²) in [5.74, 6) is 1.53. The van der Waals surface area contributed by atoms with Crippen LogP contribution in [-0.4, -0.2) is 38.9 Å². The average molecular weight is 246 g/mol. The van der Waals surface area contributed by atoms with Crippen molar-refractivity contribution in [2.75, 3.05) is 18.0 Å². The molecule has 2 aromatic rings. The molecule has 1 aliphatic heterocycles. The predicted octanol–water partition coefficient (Wildman–Crippen LogP) is 0.537. The number of hydrogen-bond acceptors (Lipinski definition) is 5. The van der Waals surface area contributed by atoms with Gasteiger partial charge in [0.1, 0.15) is 12.1 Å². The maximum atomic E-state index is 6.15. The molecule has 18 heavy (non-hydrogen) atoms. The summed E-state index contributed by atoms with van der Waals surface area (Å²) >= 11 is 0. The summed E-state index contributed by atoms with van der Waals surface area (Å²) in [6, 6.07) is 0.209. The van der Waals surface area contributed by atoms with E-state index < -0.39 is 0 Å². The van der Waals surface area contributed by atoms with Crippen LogP contribution >= 0.6 is 0 Å². The number of aromatic nitrogens is 4. The lowest BCUT2D eigenvalue weighted by atomic mass is 9.94. The van der Waals surface area contributed by atoms with Crippen molar-refractivity contribution in [2.45, 2.75) is 19.4 Å². The van der Waals surface area contributed by atoms with Crippen molar-refractivity contribution >= 4 is 16.9 Å². The number of fused-ring (bicyclic) bond motifs is 1. The molecule has 0 bridgehead atoms. The summed E-state index contributed by atoms with van der Waals surface area (Å²) in [6.07, 6.45) is 4.53. The highest BCUT2D eigenvalue weighted by atomic mass is 15.3. The summed E-state index contributed by atoms with van der Waals surface area (Å²) in [5.41, 5.74) is 7.02. The zero-order valence-electron chi connectivity index (χ0n) is 10.7. The smallest absolute Gasteiger partial charge is 0.163 e. The van der Waals surface area contributed by atoms with E-state index in [4.69, 9.17) is 5.73 Å². The molecule has 0 radical (unpaired) electrons. The van der Waals surface area contributed by atoms with Crippen molar-refractivity contribution in [2.24, 2.45) is 18.7 Å². The zero-order valence-corrected chi connectivity index (χ0v) is 10.7. The van der Waals surface area contributed by atoms with Crippen LogP contribution in [0.25, 0.3) is 11.0 Å². The summed E-state index contributed by atoms with van der Waals surface area (Å²) in [4.78, 5) is 10.9. The molecule has 3 heterocycles. The first-order chi connectivity index (χ1) is 8.66. The van der Waals surface area contributed by atoms with Crippen molar-refractivity contribution in [1.82, 2.24) is 19.7 Å². The van der Waals surface area contributed by atoms with Gasteiger partial charge in [-0.25, -0.2) is 9.97 Å². The third-order valence-electron chi connectivity index (χ3n) is 3.82. The Morgan fingerprint density at radius 2 is 2.22 bits per heavy atom. The van der Waals surface area contributed by atoms with Crippen LogP contribution in [0.1, 0.15) is 13.3 Å². The zero-order chi connectivity index (χ0) is 12.7. The van der Waals surface area contributed by atoms with E-state index in [1.807, 2.05) is 13.2 Å². The summed E-state index contributed by atoms with van der Waals surface area (Å²) < 4.78 is 1.77. The van der Waals surface area contributed by atoms with Crippen LogP contribution in [0, 0.1) is 5.92 Å². The molecule has 1 fully saturated rings. The fraction of sp³-hybridized carbons (Fsp3) is 0.583. The van der Waals surface area contributed by atoms with Crippen LogP contribution in [0.15, 0.2) is 12.5 Å². The number of anilines is 1. The molecule has 2 unspecified atom stereocenters. The normalized spacial score (nSPS) is 24.7. The minimum absolute atomic E-state index is 0.209. The van der Waals surface area contributed by atoms with E-state index in [0.717, 1.165) is 36.4 Å². The van der Waals surface area contributed by atoms with Gasteiger partial charge in [-0.2, -0.15) is 5.10 Å². The highest BCUT2D eigenvalue weighted by Gasteiger charge is 2.25. The maximum absolute atomic E-state index is 6.15. The molecule has 0 saturated carbocycles. The Labute approximate surface area is 106 Å². The van der Waals surface area contributed by atoms with Crippen molar-refractivity contribution in [3.63, 3.8) is 0 Å². The molecule has 1 aliphatic rings. The number of aryl methyl sites for hydroxylation is 1. The molecule has 0 amide bonds. The molecule has 0 aromatic carbocycles. The van der Waals surface area contributed by atoms with Gasteiger partial charge in [-0.1, -0.05) is 6.92 Å². The van der Waals surface area contributed by atoms with Crippen molar-refractivity contribution in [3.8, 4) is 0 Å². The Morgan fingerprint density at radius 1 is 1.39 bits per heavy atom. The third-order valence-corrected chi connectivity index (χ3v) is 3.82. The average Bonchev–Trinajstić information content (AvgIpc) is 2.75. The highest BCUT2D eigenvalue weighted by molar-refractivity contribution is 5.86. The molecule has 2 N–H and O–H groups in total. The van der Waals surface area contributed by atoms with Gasteiger partial charge in [-0.15, -0.1) is 0 Å². The molecule has 6 nitrogen and oxygen atoms in total. The Kier molecular flexibility index (Phi) is 2.66. The first-order valence-corrected chi connectivity index (χ1v) is 6.30. The molecule has 0 spiro atoms. The molecule has 2 atom stereocenters. The lowest BCUT2D eigenvalue weighted by molar-refractivity contribution is 0.378. The van der Waals surface area contributed by atoms with Gasteiger partial charge in [0.25, 0.3) is 0 Å². The van der Waals surface area contributed by atoms with Crippen molar-refractivity contribution < 1.29 is 0 Å². The van der Waals surface area contributed by atoms with Gasteiger partial charge in [-0.05, 0) is 12.3 Å². The molecule has 3 rings (SSSR count). The van der Waals surface area contributed by atoms with Crippen LogP contribution in [0.2, 0.25) is 0 Å². The molecular formula is C12H18N6. The quantitative estimate of drug-likeness (QED) is 0.795. The van der Waals surface area contributed by atoms with Gasteiger partial charge in [0.2, 0.25) is 0 Å². The first kappa shape index (κ1) is 11.4. The number of rotatable bonds is 1. The minimum Gasteiger partial charge on any atom is -0.354 e. The van der Waals surface area contributed by atoms with E-state index in [2.05, 4.69) is 26.9 Å². The second-order valence-corrected chi connectivity index (χ2v) is 5.08. The van der Waals surface area contributed by atoms with E-state index in [1.165, 1.54) is 0 Å². The van der Waals surface area contributed by atoms with Gasteiger partial charge in [-0.3, -0.25) is 4.68 Å². The molecule has 0 aliphatic carbocycles. The lowest BCUT2D eigenvalue weighted by Gasteiger charge is -2.35. The Balaban J connectivity index is 1.99. The summed E-state index contributed by atoms with van der Waals surface area (Å²) in [6.45, 7) is 4.06. The van der Waals surface area contributed by atoms with Crippen LogP contribution in [0.5, 0.6) is 0 Å². The second kappa shape index (κ2) is 4.20. The van der Waals surface area contributed by atoms with Crippen LogP contribution < -0.4 is 10.6 Å². The number of hydrogen-bond donors (Lipinski definition) is 1. The molecule has 2 aromatic heterocycles. The predicted molar refractivity (Wildman–Crippen MR) is 70.3 cm³/mol. The largest absolute Gasteiger partial charge is 0.354 e. The fourth-order valence-electron chi connectivity index (χ4n) is 2.49. The van der Waals surface area contributed by atoms with Gasteiger partial charge in [0.05, 0.1) is 11.6 Å². The number of nitrogens with zero attached hydrogens (tertiary/aromatic N) is 5. The standard InChI is InChI=1S/C12H18N6/c1-8-3-4-18(6-10(8)13)12-9-5-16-17(2)11(9)14-7-15-12/h5,7-8,10H,3-4,6,13H2,1-2H3. The van der Waals surface area contributed by atoms with E-state index >= 15 is 0 Å². The van der Waals surface area contributed by atoms with Crippen LogP contribution in [0.4, 0.5) is 5.82 Å². The van der Waals surface area contributed by atoms with Crippen molar-refractivity contribution in [3.05, 3.63) is 12.5 Å². The molecule has 1 saturated heterocycles. The van der Waals surface area contributed by atoms with Gasteiger partial charge >= 0.3 is 0 Å². The van der Waals surface area contributed by atoms with E-state index in [1.54, 1.807) is 11.0 Å². The second-order valence-electron chi connectivity index (χ2n) is 5.08. The van der Waals surface area contributed by atoms with E-state index in [0.29, 0.717) is 5.92 Å². The number of piperidine rings is 1. The SMILES string of the molecule is CC1CCN(c2ncnc3c2cnn3C)CC1N. The highest BCUT2D eigenvalue weighted by Crippen LogP contribution is 2.26. The minimum atomic E-state index is 0.209. The van der Waals surface area contributed by atoms with E-state index in [9.17, 15) is 0 Å². The fourth-order valence-corrected chi connectivity index (χ4v) is 2.49. The van der Waals surface area contributed by atoms with Gasteiger partial charge in [0.15, 0.2) is 5.65 Å². The first-order valence-electron chi connectivity index (χ1n) is 6.30. The Hall–Kier alpha value is -1.69. The van der Waals surface area contributed by atoms with Gasteiger partial charge < -0.3 is 10.6 Å². The Bertz CT molecular complexity index is 563. The van der Waals surface area contributed by atoms with Gasteiger partial charge in [0, 0.05) is 26.2 Å². The van der Waals surface area contributed by atoms with Crippen molar-refractivity contribution in [1.29, 1.82) is 0 Å². The summed E-state index contributed by atoms with van der Waals surface area (Å²) in [7, 11) is 1.89. The molecule has 96 valence electrons. The third kappa shape index (κ3) is 1.73. The number of nitrogens with two attached hydrogens (primary N) is 1. The monoisotopic (exact) mass is 246 g/mol. The van der Waals surface area contributed by atoms with Crippen LogP contribution in [0.3, 0.4) is 0 Å². The lowest BCUT2D eigenvalue weighted by Crippen LogP contribution is -2.48. The molecular weight excluding hydrogens is 228 g/mol. The Morgan fingerprint density at radius 3 is 3.00 bits per heavy atom. The van der Waals surface area contributed by atoms with Crippen LogP contribution in [-0.2, 0) is 7.05 Å². The molecule has 6 heteroatoms. The maximum Gasteiger partial charge on any atom is 0.163 e. The van der Waals surface area contributed by atoms with E-state index in [-0.39, 0.29) is 6.04 Å².